The Morgan fingerprint density at radius 1 is 1.39 bits per heavy atom. The van der Waals surface area contributed by atoms with Gasteiger partial charge in [-0.25, -0.2) is 8.78 Å². The molecule has 0 saturated carbocycles. The Morgan fingerprint density at radius 3 is 2.72 bits per heavy atom. The van der Waals surface area contributed by atoms with Crippen molar-refractivity contribution < 1.29 is 13.6 Å². The first-order chi connectivity index (χ1) is 8.66. The van der Waals surface area contributed by atoms with Crippen LogP contribution in [-0.4, -0.2) is 19.0 Å². The number of rotatable bonds is 4. The lowest BCUT2D eigenvalue weighted by molar-refractivity contribution is -0.116. The summed E-state index contributed by atoms with van der Waals surface area (Å²) in [5, 5.41) is 5.51. The van der Waals surface area contributed by atoms with E-state index in [0.717, 1.165) is 38.1 Å². The molecule has 3 nitrogen and oxygen atoms in total. The van der Waals surface area contributed by atoms with Crippen LogP contribution in [-0.2, 0) is 4.79 Å². The number of benzene rings is 1. The maximum Gasteiger partial charge on any atom is 0.224 e. The maximum absolute atomic E-state index is 13.3. The molecule has 0 spiro atoms. The summed E-state index contributed by atoms with van der Waals surface area (Å²) in [6.07, 6.45) is 2.09. The molecule has 0 bridgehead atoms. The summed E-state index contributed by atoms with van der Waals surface area (Å²) in [7, 11) is 0. The Balaban J connectivity index is 1.86. The van der Waals surface area contributed by atoms with Crippen LogP contribution in [0.25, 0.3) is 0 Å². The first-order valence-corrected chi connectivity index (χ1v) is 6.11. The Labute approximate surface area is 105 Å². The van der Waals surface area contributed by atoms with Gasteiger partial charge in [0.05, 0.1) is 0 Å². The van der Waals surface area contributed by atoms with Crippen LogP contribution in [0.2, 0.25) is 0 Å². The molecule has 1 fully saturated rings. The average molecular weight is 254 g/mol. The quantitative estimate of drug-likeness (QED) is 0.865. The van der Waals surface area contributed by atoms with E-state index in [1.807, 2.05) is 0 Å². The number of nitrogens with one attached hydrogen (secondary N) is 2. The van der Waals surface area contributed by atoms with E-state index in [1.54, 1.807) is 0 Å². The standard InChI is InChI=1S/C13H16F2N2O/c14-10-2-1-3-11(15)13(10)17-12(18)5-4-9-6-7-16-8-9/h1-3,9,16H,4-8H2,(H,17,18). The molecular weight excluding hydrogens is 238 g/mol. The molecule has 1 atom stereocenters. The molecule has 98 valence electrons. The van der Waals surface area contributed by atoms with E-state index in [2.05, 4.69) is 10.6 Å². The van der Waals surface area contributed by atoms with E-state index >= 15 is 0 Å². The van der Waals surface area contributed by atoms with Crippen LogP contribution in [0.3, 0.4) is 0 Å². The number of hydrogen-bond acceptors (Lipinski definition) is 2. The van der Waals surface area contributed by atoms with Gasteiger partial charge in [0, 0.05) is 6.42 Å². The molecule has 5 heteroatoms. The number of carbonyl (C=O) groups excluding carboxylic acids is 1. The van der Waals surface area contributed by atoms with Crippen molar-refractivity contribution in [3.8, 4) is 0 Å². The van der Waals surface area contributed by atoms with Crippen LogP contribution in [0.1, 0.15) is 19.3 Å². The summed E-state index contributed by atoms with van der Waals surface area (Å²) in [6, 6.07) is 3.52. The highest BCUT2D eigenvalue weighted by atomic mass is 19.1. The van der Waals surface area contributed by atoms with Crippen LogP contribution in [0.4, 0.5) is 14.5 Å². The van der Waals surface area contributed by atoms with Gasteiger partial charge < -0.3 is 10.6 Å². The lowest BCUT2D eigenvalue weighted by Crippen LogP contribution is -2.16. The fourth-order valence-corrected chi connectivity index (χ4v) is 2.12. The highest BCUT2D eigenvalue weighted by molar-refractivity contribution is 5.90. The van der Waals surface area contributed by atoms with E-state index in [0.29, 0.717) is 12.3 Å². The topological polar surface area (TPSA) is 41.1 Å². The third kappa shape index (κ3) is 3.26. The van der Waals surface area contributed by atoms with Crippen LogP contribution < -0.4 is 10.6 Å². The van der Waals surface area contributed by atoms with Crippen molar-refractivity contribution in [2.45, 2.75) is 19.3 Å². The predicted octanol–water partition coefficient (Wildman–Crippen LogP) is 2.29. The normalized spacial score (nSPS) is 18.9. The number of para-hydroxylation sites is 1. The second-order valence-electron chi connectivity index (χ2n) is 4.54. The smallest absolute Gasteiger partial charge is 0.224 e. The maximum atomic E-state index is 13.3. The van der Waals surface area contributed by atoms with E-state index in [4.69, 9.17) is 0 Å². The monoisotopic (exact) mass is 254 g/mol. The molecule has 0 aromatic heterocycles. The van der Waals surface area contributed by atoms with E-state index in [9.17, 15) is 13.6 Å². The van der Waals surface area contributed by atoms with Gasteiger partial charge in [-0.05, 0) is 44.0 Å². The largest absolute Gasteiger partial charge is 0.321 e. The highest BCUT2D eigenvalue weighted by Crippen LogP contribution is 2.19. The third-order valence-electron chi connectivity index (χ3n) is 3.17. The predicted molar refractivity (Wildman–Crippen MR) is 65.2 cm³/mol. The number of amides is 1. The second-order valence-corrected chi connectivity index (χ2v) is 4.54. The zero-order valence-electron chi connectivity index (χ0n) is 10.0. The van der Waals surface area contributed by atoms with E-state index < -0.39 is 11.6 Å². The van der Waals surface area contributed by atoms with Crippen molar-refractivity contribution in [3.63, 3.8) is 0 Å². The molecule has 0 radical (unpaired) electrons. The molecule has 1 aromatic carbocycles. The molecule has 1 aliphatic heterocycles. The van der Waals surface area contributed by atoms with Gasteiger partial charge in [0.15, 0.2) is 0 Å². The summed E-state index contributed by atoms with van der Waals surface area (Å²) >= 11 is 0. The molecule has 2 N–H and O–H groups in total. The molecule has 2 rings (SSSR count). The van der Waals surface area contributed by atoms with Gasteiger partial charge in [-0.2, -0.15) is 0 Å². The van der Waals surface area contributed by atoms with Crippen molar-refractivity contribution >= 4 is 11.6 Å². The Morgan fingerprint density at radius 2 is 2.11 bits per heavy atom. The van der Waals surface area contributed by atoms with Gasteiger partial charge in [0.25, 0.3) is 0 Å². The van der Waals surface area contributed by atoms with Gasteiger partial charge in [-0.15, -0.1) is 0 Å². The first-order valence-electron chi connectivity index (χ1n) is 6.11. The molecule has 1 aromatic rings. The molecular formula is C13H16F2N2O. The van der Waals surface area contributed by atoms with Gasteiger partial charge in [-0.3, -0.25) is 4.79 Å². The molecule has 0 aliphatic carbocycles. The minimum atomic E-state index is -0.745. The molecule has 1 heterocycles. The molecule has 1 unspecified atom stereocenters. The van der Waals surface area contributed by atoms with E-state index in [-0.39, 0.29) is 11.6 Å². The van der Waals surface area contributed by atoms with Crippen molar-refractivity contribution in [1.29, 1.82) is 0 Å². The van der Waals surface area contributed by atoms with Gasteiger partial charge in [-0.1, -0.05) is 6.07 Å². The van der Waals surface area contributed by atoms with Crippen molar-refractivity contribution in [2.24, 2.45) is 5.92 Å². The summed E-state index contributed by atoms with van der Waals surface area (Å²) in [5.41, 5.74) is -0.355. The summed E-state index contributed by atoms with van der Waals surface area (Å²) in [6.45, 7) is 1.90. The first kappa shape index (κ1) is 13.0. The van der Waals surface area contributed by atoms with Gasteiger partial charge >= 0.3 is 0 Å². The van der Waals surface area contributed by atoms with Crippen LogP contribution in [0, 0.1) is 17.6 Å². The van der Waals surface area contributed by atoms with Crippen molar-refractivity contribution in [1.82, 2.24) is 5.32 Å². The highest BCUT2D eigenvalue weighted by Gasteiger charge is 2.17. The van der Waals surface area contributed by atoms with Gasteiger partial charge in [0.1, 0.15) is 17.3 Å². The van der Waals surface area contributed by atoms with E-state index in [1.165, 1.54) is 6.07 Å². The Bertz CT molecular complexity index is 411. The summed E-state index contributed by atoms with van der Waals surface area (Å²) < 4.78 is 26.6. The molecule has 1 aliphatic rings. The van der Waals surface area contributed by atoms with Crippen molar-refractivity contribution in [3.05, 3.63) is 29.8 Å². The van der Waals surface area contributed by atoms with Gasteiger partial charge in [0.2, 0.25) is 5.91 Å². The number of carbonyl (C=O) groups is 1. The second kappa shape index (κ2) is 5.91. The molecule has 18 heavy (non-hydrogen) atoms. The fourth-order valence-electron chi connectivity index (χ4n) is 2.12. The van der Waals surface area contributed by atoms with Crippen molar-refractivity contribution in [2.75, 3.05) is 18.4 Å². The summed E-state index contributed by atoms with van der Waals surface area (Å²) in [4.78, 5) is 11.6. The zero-order chi connectivity index (χ0) is 13.0. The number of anilines is 1. The lowest BCUT2D eigenvalue weighted by Gasteiger charge is -2.09. The Kier molecular flexibility index (Phi) is 4.25. The summed E-state index contributed by atoms with van der Waals surface area (Å²) in [5.74, 6) is -1.34. The minimum absolute atomic E-state index is 0.292. The van der Waals surface area contributed by atoms with Crippen LogP contribution in [0.15, 0.2) is 18.2 Å². The fraction of sp³-hybridized carbons (Fsp3) is 0.462. The van der Waals surface area contributed by atoms with Crippen LogP contribution >= 0.6 is 0 Å². The molecule has 1 saturated heterocycles. The molecule has 1 amide bonds. The number of hydrogen-bond donors (Lipinski definition) is 2. The lowest BCUT2D eigenvalue weighted by atomic mass is 10.0. The minimum Gasteiger partial charge on any atom is -0.321 e. The SMILES string of the molecule is O=C(CCC1CCNC1)Nc1c(F)cccc1F. The third-order valence-corrected chi connectivity index (χ3v) is 3.17. The van der Waals surface area contributed by atoms with Crippen LogP contribution in [0.5, 0.6) is 0 Å². The zero-order valence-corrected chi connectivity index (χ0v) is 10.0. The Hall–Kier alpha value is -1.49. The number of halogens is 2. The average Bonchev–Trinajstić information content (AvgIpc) is 2.84.